The number of rotatable bonds is 3. The fourth-order valence-corrected chi connectivity index (χ4v) is 1.64. The number of nitrogens with two attached hydrogens (primary N) is 1. The van der Waals surface area contributed by atoms with Crippen LogP contribution in [0, 0.1) is 0 Å². The highest BCUT2D eigenvalue weighted by molar-refractivity contribution is 5.26. The molecule has 84 valence electrons. The van der Waals surface area contributed by atoms with Gasteiger partial charge in [-0.1, -0.05) is 12.1 Å². The number of aromatic nitrogens is 2. The fraction of sp³-hybridized carbons (Fsp3) is 0.250. The minimum Gasteiger partial charge on any atom is -0.508 e. The SMILES string of the molecule is C[C@@H](N)c1cncn1Cc1ccc(O)cc1. The summed E-state index contributed by atoms with van der Waals surface area (Å²) in [6.45, 7) is 2.65. The van der Waals surface area contributed by atoms with E-state index in [1.54, 1.807) is 24.7 Å². The lowest BCUT2D eigenvalue weighted by Gasteiger charge is -2.10. The Morgan fingerprint density at radius 3 is 2.69 bits per heavy atom. The van der Waals surface area contributed by atoms with Crippen LogP contribution in [0.4, 0.5) is 0 Å². The van der Waals surface area contributed by atoms with Crippen molar-refractivity contribution in [3.8, 4) is 5.75 Å². The van der Waals surface area contributed by atoms with E-state index in [1.165, 1.54) is 0 Å². The molecule has 0 aliphatic carbocycles. The number of phenolic OH excluding ortho intramolecular Hbond substituents is 1. The number of aromatic hydroxyl groups is 1. The molecule has 0 amide bonds. The van der Waals surface area contributed by atoms with E-state index in [-0.39, 0.29) is 11.8 Å². The predicted octanol–water partition coefficient (Wildman–Crippen LogP) is 1.66. The minimum absolute atomic E-state index is 0.0281. The number of benzene rings is 1. The Hall–Kier alpha value is -1.81. The van der Waals surface area contributed by atoms with E-state index < -0.39 is 0 Å². The molecule has 1 aromatic carbocycles. The van der Waals surface area contributed by atoms with Crippen LogP contribution in [0.25, 0.3) is 0 Å². The van der Waals surface area contributed by atoms with Gasteiger partial charge < -0.3 is 15.4 Å². The van der Waals surface area contributed by atoms with Crippen molar-refractivity contribution in [2.75, 3.05) is 0 Å². The molecule has 4 nitrogen and oxygen atoms in total. The first-order chi connectivity index (χ1) is 7.66. The second-order valence-corrected chi connectivity index (χ2v) is 3.90. The second-order valence-electron chi connectivity index (χ2n) is 3.90. The van der Waals surface area contributed by atoms with E-state index in [9.17, 15) is 5.11 Å². The number of nitrogens with zero attached hydrogens (tertiary/aromatic N) is 2. The van der Waals surface area contributed by atoms with Crippen LogP contribution < -0.4 is 5.73 Å². The van der Waals surface area contributed by atoms with Crippen LogP contribution in [0.1, 0.15) is 24.2 Å². The van der Waals surface area contributed by atoms with Crippen LogP contribution >= 0.6 is 0 Å². The summed E-state index contributed by atoms with van der Waals surface area (Å²) in [7, 11) is 0. The van der Waals surface area contributed by atoms with Gasteiger partial charge in [-0.25, -0.2) is 4.98 Å². The molecule has 2 rings (SSSR count). The molecule has 2 aromatic rings. The fourth-order valence-electron chi connectivity index (χ4n) is 1.64. The van der Waals surface area contributed by atoms with Crippen molar-refractivity contribution < 1.29 is 5.11 Å². The van der Waals surface area contributed by atoms with Crippen molar-refractivity contribution in [2.45, 2.75) is 19.5 Å². The van der Waals surface area contributed by atoms with E-state index >= 15 is 0 Å². The molecule has 0 saturated carbocycles. The Labute approximate surface area is 94.4 Å². The summed E-state index contributed by atoms with van der Waals surface area (Å²) in [6, 6.07) is 7.11. The molecule has 3 N–H and O–H groups in total. The number of hydrogen-bond acceptors (Lipinski definition) is 3. The van der Waals surface area contributed by atoms with Gasteiger partial charge in [0.25, 0.3) is 0 Å². The smallest absolute Gasteiger partial charge is 0.115 e. The maximum absolute atomic E-state index is 9.19. The zero-order valence-corrected chi connectivity index (χ0v) is 9.17. The van der Waals surface area contributed by atoms with Gasteiger partial charge >= 0.3 is 0 Å². The summed E-state index contributed by atoms with van der Waals surface area (Å²) in [5.41, 5.74) is 7.95. The lowest BCUT2D eigenvalue weighted by Crippen LogP contribution is -2.12. The Bertz CT molecular complexity index is 459. The number of phenols is 1. The van der Waals surface area contributed by atoms with Crippen molar-refractivity contribution in [3.05, 3.63) is 48.0 Å². The molecule has 0 fully saturated rings. The van der Waals surface area contributed by atoms with E-state index in [1.807, 2.05) is 23.6 Å². The minimum atomic E-state index is -0.0281. The monoisotopic (exact) mass is 217 g/mol. The highest BCUT2D eigenvalue weighted by Gasteiger charge is 2.06. The van der Waals surface area contributed by atoms with Crippen molar-refractivity contribution in [3.63, 3.8) is 0 Å². The number of imidazole rings is 1. The average Bonchev–Trinajstić information content (AvgIpc) is 2.69. The molecule has 1 aromatic heterocycles. The van der Waals surface area contributed by atoms with Gasteiger partial charge in [-0.2, -0.15) is 0 Å². The quantitative estimate of drug-likeness (QED) is 0.821. The van der Waals surface area contributed by atoms with E-state index in [0.717, 1.165) is 17.8 Å². The van der Waals surface area contributed by atoms with Crippen LogP contribution in [-0.2, 0) is 6.54 Å². The highest BCUT2D eigenvalue weighted by atomic mass is 16.3. The molecule has 0 spiro atoms. The summed E-state index contributed by atoms with van der Waals surface area (Å²) in [5, 5.41) is 9.19. The standard InChI is InChI=1S/C12H15N3O/c1-9(13)12-6-14-8-15(12)7-10-2-4-11(16)5-3-10/h2-6,8-9,16H,7,13H2,1H3/t9-/m1/s1. The zero-order chi connectivity index (χ0) is 11.5. The zero-order valence-electron chi connectivity index (χ0n) is 9.17. The molecule has 0 saturated heterocycles. The van der Waals surface area contributed by atoms with Gasteiger partial charge in [-0.3, -0.25) is 0 Å². The van der Waals surface area contributed by atoms with Crippen molar-refractivity contribution in [1.29, 1.82) is 0 Å². The molecular weight excluding hydrogens is 202 g/mol. The summed E-state index contributed by atoms with van der Waals surface area (Å²) in [4.78, 5) is 4.09. The topological polar surface area (TPSA) is 64.1 Å². The van der Waals surface area contributed by atoms with Crippen LogP contribution in [0.3, 0.4) is 0 Å². The van der Waals surface area contributed by atoms with Crippen molar-refractivity contribution in [1.82, 2.24) is 9.55 Å². The molecule has 0 aliphatic heterocycles. The maximum Gasteiger partial charge on any atom is 0.115 e. The summed E-state index contributed by atoms with van der Waals surface area (Å²) >= 11 is 0. The van der Waals surface area contributed by atoms with Gasteiger partial charge in [0.15, 0.2) is 0 Å². The third-order valence-electron chi connectivity index (χ3n) is 2.50. The largest absolute Gasteiger partial charge is 0.508 e. The van der Waals surface area contributed by atoms with E-state index in [2.05, 4.69) is 4.98 Å². The van der Waals surface area contributed by atoms with E-state index in [4.69, 9.17) is 5.73 Å². The molecule has 16 heavy (non-hydrogen) atoms. The first-order valence-electron chi connectivity index (χ1n) is 5.20. The summed E-state index contributed by atoms with van der Waals surface area (Å²) in [5.74, 6) is 0.279. The average molecular weight is 217 g/mol. The van der Waals surface area contributed by atoms with Gasteiger partial charge in [0.1, 0.15) is 5.75 Å². The maximum atomic E-state index is 9.19. The van der Waals surface area contributed by atoms with Gasteiger partial charge in [-0.05, 0) is 24.6 Å². The predicted molar refractivity (Wildman–Crippen MR) is 62.0 cm³/mol. The third kappa shape index (κ3) is 2.23. The van der Waals surface area contributed by atoms with Gasteiger partial charge in [-0.15, -0.1) is 0 Å². The molecular formula is C12H15N3O. The van der Waals surface area contributed by atoms with Gasteiger partial charge in [0, 0.05) is 18.8 Å². The van der Waals surface area contributed by atoms with Crippen molar-refractivity contribution in [2.24, 2.45) is 5.73 Å². The van der Waals surface area contributed by atoms with Crippen LogP contribution in [-0.4, -0.2) is 14.7 Å². The molecule has 4 heteroatoms. The second kappa shape index (κ2) is 4.37. The van der Waals surface area contributed by atoms with Crippen LogP contribution in [0.15, 0.2) is 36.8 Å². The van der Waals surface area contributed by atoms with Crippen molar-refractivity contribution >= 4 is 0 Å². The van der Waals surface area contributed by atoms with Gasteiger partial charge in [0.2, 0.25) is 0 Å². The first-order valence-corrected chi connectivity index (χ1v) is 5.20. The molecule has 1 heterocycles. The van der Waals surface area contributed by atoms with Gasteiger partial charge in [0.05, 0.1) is 12.0 Å². The Kier molecular flexibility index (Phi) is 2.92. The molecule has 0 unspecified atom stereocenters. The normalized spacial score (nSPS) is 12.6. The van der Waals surface area contributed by atoms with Crippen LogP contribution in [0.5, 0.6) is 5.75 Å². The molecule has 1 atom stereocenters. The highest BCUT2D eigenvalue weighted by Crippen LogP contribution is 2.14. The Balaban J connectivity index is 2.20. The summed E-state index contributed by atoms with van der Waals surface area (Å²) in [6.07, 6.45) is 3.55. The Morgan fingerprint density at radius 2 is 2.06 bits per heavy atom. The van der Waals surface area contributed by atoms with E-state index in [0.29, 0.717) is 0 Å². The summed E-state index contributed by atoms with van der Waals surface area (Å²) < 4.78 is 2.01. The molecule has 0 radical (unpaired) electrons. The number of hydrogen-bond donors (Lipinski definition) is 2. The third-order valence-corrected chi connectivity index (χ3v) is 2.50. The van der Waals surface area contributed by atoms with Crippen LogP contribution in [0.2, 0.25) is 0 Å². The first kappa shape index (κ1) is 10.7. The lowest BCUT2D eigenvalue weighted by molar-refractivity contribution is 0.475. The molecule has 0 aliphatic rings. The Morgan fingerprint density at radius 1 is 1.38 bits per heavy atom. The lowest BCUT2D eigenvalue weighted by atomic mass is 10.2. The molecule has 0 bridgehead atoms.